The van der Waals surface area contributed by atoms with E-state index in [1.54, 1.807) is 0 Å². The lowest BCUT2D eigenvalue weighted by atomic mass is 9.95. The normalized spacial score (nSPS) is 22.4. The molecule has 2 saturated carbocycles. The van der Waals surface area contributed by atoms with Crippen LogP contribution in [0.4, 0.5) is 0 Å². The van der Waals surface area contributed by atoms with Crippen molar-refractivity contribution in [2.45, 2.75) is 76.5 Å². The molecule has 2 aliphatic carbocycles. The number of aliphatic hydroxyl groups excluding tert-OH is 1. The summed E-state index contributed by atoms with van der Waals surface area (Å²) in [5.41, 5.74) is 0.309. The van der Waals surface area contributed by atoms with Gasteiger partial charge in [0.1, 0.15) is 11.7 Å². The molecule has 28 heavy (non-hydrogen) atoms. The van der Waals surface area contributed by atoms with Gasteiger partial charge in [-0.15, -0.1) is 0 Å². The first-order valence-corrected chi connectivity index (χ1v) is 9.64. The zero-order chi connectivity index (χ0) is 18.4. The van der Waals surface area contributed by atoms with Gasteiger partial charge >= 0.3 is 6.01 Å². The van der Waals surface area contributed by atoms with Gasteiger partial charge in [0.15, 0.2) is 0 Å². The minimum Gasteiger partial charge on any atom is -0.477 e. The molecule has 2 N–H and O–H groups in total. The molecule has 0 saturated heterocycles. The number of carbonyl (C=O) groups excluding carboxylic acids is 1. The second-order valence-corrected chi connectivity index (χ2v) is 6.95. The third kappa shape index (κ3) is 6.62. The van der Waals surface area contributed by atoms with E-state index in [1.165, 1.54) is 6.20 Å². The van der Waals surface area contributed by atoms with Gasteiger partial charge in [-0.2, -0.15) is 4.98 Å². The van der Waals surface area contributed by atoms with Crippen LogP contribution in [0.5, 0.6) is 11.9 Å². The van der Waals surface area contributed by atoms with Crippen molar-refractivity contribution in [2.24, 2.45) is 0 Å². The van der Waals surface area contributed by atoms with E-state index >= 15 is 0 Å². The molecule has 2 atom stereocenters. The van der Waals surface area contributed by atoms with Crippen LogP contribution in [-0.4, -0.2) is 45.8 Å². The van der Waals surface area contributed by atoms with Crippen LogP contribution >= 0.6 is 0 Å². The molecule has 1 aromatic rings. The predicted octanol–water partition coefficient (Wildman–Crippen LogP) is 3.09. The molecule has 0 bridgehead atoms. The second kappa shape index (κ2) is 11.8. The molecule has 155 valence electrons. The first-order chi connectivity index (χ1) is 12.7. The minimum absolute atomic E-state index is 0. The third-order valence-corrected chi connectivity index (χ3v) is 4.90. The highest BCUT2D eigenvalue weighted by atomic mass is 16.5. The van der Waals surface area contributed by atoms with Crippen molar-refractivity contribution in [1.29, 1.82) is 0 Å². The van der Waals surface area contributed by atoms with Gasteiger partial charge in [-0.3, -0.25) is 4.79 Å². The highest BCUT2D eigenvalue weighted by Crippen LogP contribution is 2.25. The number of aromatic nitrogens is 2. The van der Waals surface area contributed by atoms with Crippen LogP contribution in [0, 0.1) is 21.3 Å². The Morgan fingerprint density at radius 2 is 2.00 bits per heavy atom. The first kappa shape index (κ1) is 24.1. The van der Waals surface area contributed by atoms with Gasteiger partial charge in [0, 0.05) is 6.04 Å². The summed E-state index contributed by atoms with van der Waals surface area (Å²) in [5.74, 6) is -0.0137. The molecule has 0 aromatic carbocycles. The van der Waals surface area contributed by atoms with E-state index in [2.05, 4.69) is 21.7 Å². The van der Waals surface area contributed by atoms with E-state index in [-0.39, 0.29) is 50.9 Å². The van der Waals surface area contributed by atoms with Crippen molar-refractivity contribution >= 4 is 5.91 Å². The number of hydrogen-bond donors (Lipinski definition) is 2. The molecular weight excluding hydrogens is 358 g/mol. The Morgan fingerprint density at radius 1 is 1.21 bits per heavy atom. The van der Waals surface area contributed by atoms with Gasteiger partial charge < -0.3 is 19.9 Å². The summed E-state index contributed by atoms with van der Waals surface area (Å²) in [7, 11) is 0. The average molecular weight is 391 g/mol. The number of aliphatic hydroxyl groups is 1. The molecule has 0 spiro atoms. The van der Waals surface area contributed by atoms with Crippen molar-refractivity contribution in [1.82, 2.24) is 15.3 Å². The highest BCUT2D eigenvalue weighted by molar-refractivity contribution is 5.96. The Balaban J connectivity index is 0.00000196. The highest BCUT2D eigenvalue weighted by Gasteiger charge is 2.24. The van der Waals surface area contributed by atoms with Crippen LogP contribution in [-0.2, 0) is 0 Å². The lowest BCUT2D eigenvalue weighted by molar-refractivity contribution is 0.0916. The molecule has 1 amide bonds. The van der Waals surface area contributed by atoms with Crippen molar-refractivity contribution in [3.63, 3.8) is 0 Å². The van der Waals surface area contributed by atoms with E-state index in [0.29, 0.717) is 18.6 Å². The van der Waals surface area contributed by atoms with Crippen LogP contribution in [0.1, 0.15) is 68.6 Å². The Morgan fingerprint density at radius 3 is 2.68 bits per heavy atom. The topological polar surface area (TPSA) is 93.6 Å². The number of nitrogens with zero attached hydrogens (tertiary/aromatic N) is 2. The van der Waals surface area contributed by atoms with Crippen LogP contribution < -0.4 is 14.8 Å². The summed E-state index contributed by atoms with van der Waals surface area (Å²) in [4.78, 5) is 21.2. The lowest BCUT2D eigenvalue weighted by Gasteiger charge is -2.25. The maximum absolute atomic E-state index is 12.7. The number of amides is 1. The van der Waals surface area contributed by atoms with Gasteiger partial charge in [-0.25, -0.2) is 4.98 Å². The van der Waals surface area contributed by atoms with Gasteiger partial charge in [0.25, 0.3) is 5.91 Å². The lowest BCUT2D eigenvalue weighted by Crippen LogP contribution is -2.37. The largest absolute Gasteiger partial charge is 0.477 e. The van der Waals surface area contributed by atoms with E-state index in [9.17, 15) is 9.90 Å². The Kier molecular flexibility index (Phi) is 10.2. The SMILES string of the molecule is CCOc1nc(OC2CCC2)ncc1C(=O)N[C@@H]1[CH]CCC[C@H](O)CC1.[CH2].[CH2]. The number of hydrogen-bond acceptors (Lipinski definition) is 6. The van der Waals surface area contributed by atoms with Crippen molar-refractivity contribution in [3.8, 4) is 11.9 Å². The zero-order valence-electron chi connectivity index (χ0n) is 16.7. The summed E-state index contributed by atoms with van der Waals surface area (Å²) in [6.07, 6.45) is 10.7. The molecule has 5 radical (unpaired) electrons. The molecule has 7 heteroatoms. The van der Waals surface area contributed by atoms with E-state index in [4.69, 9.17) is 9.47 Å². The molecule has 2 aliphatic rings. The molecule has 3 rings (SSSR count). The van der Waals surface area contributed by atoms with E-state index in [0.717, 1.165) is 44.9 Å². The van der Waals surface area contributed by atoms with Crippen LogP contribution in [0.2, 0.25) is 0 Å². The van der Waals surface area contributed by atoms with Gasteiger partial charge in [-0.05, 0) is 58.3 Å². The minimum atomic E-state index is -0.284. The molecule has 1 aromatic heterocycles. The number of carbonyl (C=O) groups is 1. The summed E-state index contributed by atoms with van der Waals surface area (Å²) in [6.45, 7) is 2.25. The molecule has 7 nitrogen and oxygen atoms in total. The van der Waals surface area contributed by atoms with Crippen molar-refractivity contribution in [3.05, 3.63) is 33.0 Å². The maximum Gasteiger partial charge on any atom is 0.319 e. The third-order valence-electron chi connectivity index (χ3n) is 4.90. The standard InChI is InChI=1S/C19H28N3O4.2CH2/c1-2-25-18-16(12-20-19(22-18)26-15-8-5-9-15)17(24)21-13-6-3-4-7-14(23)11-10-13;;/h6,12-15,23H,2-5,7-11H2,1H3,(H,21,24);2*1H2/t13-,14+;;/m1../s1. The van der Waals surface area contributed by atoms with Crippen LogP contribution in [0.15, 0.2) is 6.20 Å². The maximum atomic E-state index is 12.7. The molecule has 0 aliphatic heterocycles. The summed E-state index contributed by atoms with van der Waals surface area (Å²) in [5, 5.41) is 12.8. The number of ether oxygens (including phenoxy) is 2. The smallest absolute Gasteiger partial charge is 0.319 e. The molecular formula is C21H32N3O4. The average Bonchev–Trinajstić information content (AvgIpc) is 2.58. The molecule has 0 unspecified atom stereocenters. The zero-order valence-corrected chi connectivity index (χ0v) is 16.7. The van der Waals surface area contributed by atoms with Crippen molar-refractivity contribution in [2.75, 3.05) is 6.61 Å². The second-order valence-electron chi connectivity index (χ2n) is 6.95. The Labute approximate surface area is 169 Å². The van der Waals surface area contributed by atoms with Crippen LogP contribution in [0.25, 0.3) is 0 Å². The fourth-order valence-electron chi connectivity index (χ4n) is 3.13. The summed E-state index contributed by atoms with van der Waals surface area (Å²) in [6, 6.07) is 0.188. The van der Waals surface area contributed by atoms with Crippen LogP contribution in [0.3, 0.4) is 0 Å². The van der Waals surface area contributed by atoms with E-state index < -0.39 is 0 Å². The first-order valence-electron chi connectivity index (χ1n) is 9.64. The fourth-order valence-corrected chi connectivity index (χ4v) is 3.13. The number of rotatable bonds is 6. The predicted molar refractivity (Wildman–Crippen MR) is 107 cm³/mol. The summed E-state index contributed by atoms with van der Waals surface area (Å²) < 4.78 is 11.2. The monoisotopic (exact) mass is 390 g/mol. The number of nitrogens with one attached hydrogen (secondary N) is 1. The van der Waals surface area contributed by atoms with Crippen molar-refractivity contribution < 1.29 is 19.4 Å². The molecule has 2 fully saturated rings. The quantitative estimate of drug-likeness (QED) is 0.775. The van der Waals surface area contributed by atoms with Gasteiger partial charge in [-0.1, -0.05) is 21.3 Å². The van der Waals surface area contributed by atoms with Gasteiger partial charge in [0.2, 0.25) is 5.88 Å². The molecule has 1 heterocycles. The van der Waals surface area contributed by atoms with E-state index in [1.807, 2.05) is 6.92 Å². The Hall–Kier alpha value is -1.89. The Bertz CT molecular complexity index is 607. The fraction of sp³-hybridized carbons (Fsp3) is 0.619. The van der Waals surface area contributed by atoms with Gasteiger partial charge in [0.05, 0.1) is 18.9 Å². The summed E-state index contributed by atoms with van der Waals surface area (Å²) >= 11 is 0.